The summed E-state index contributed by atoms with van der Waals surface area (Å²) in [5.74, 6) is 0. The smallest absolute Gasteiger partial charge is 0.410 e. The zero-order valence-corrected chi connectivity index (χ0v) is 8.16. The molecule has 1 unspecified atom stereocenters. The Morgan fingerprint density at radius 2 is 2.43 bits per heavy atom. The molecule has 5 heteroatoms. The minimum atomic E-state index is -0.283. The van der Waals surface area contributed by atoms with E-state index in [-0.39, 0.29) is 18.3 Å². The van der Waals surface area contributed by atoms with Crippen LogP contribution in [0.5, 0.6) is 0 Å². The quantitative estimate of drug-likeness (QED) is 0.634. The number of carbonyl (C=O) groups excluding carboxylic acids is 1. The van der Waals surface area contributed by atoms with Crippen LogP contribution >= 0.6 is 0 Å². The number of β-amino-alcohol motifs (C(OH)–C–C–N with tert-alkyl or cyclic N) is 1. The van der Waals surface area contributed by atoms with Crippen LogP contribution < -0.4 is 5.32 Å². The molecule has 1 amide bonds. The van der Waals surface area contributed by atoms with Crippen molar-refractivity contribution in [3.8, 4) is 0 Å². The van der Waals surface area contributed by atoms with Gasteiger partial charge in [-0.3, -0.25) is 0 Å². The van der Waals surface area contributed by atoms with E-state index < -0.39 is 0 Å². The van der Waals surface area contributed by atoms with E-state index in [0.717, 1.165) is 25.9 Å². The second-order valence-electron chi connectivity index (χ2n) is 3.94. The monoisotopic (exact) mass is 200 g/mol. The van der Waals surface area contributed by atoms with Crippen LogP contribution in [0.15, 0.2) is 0 Å². The average Bonchev–Trinajstić information content (AvgIpc) is 2.59. The molecule has 0 aromatic heterocycles. The van der Waals surface area contributed by atoms with Crippen LogP contribution in [0, 0.1) is 0 Å². The maximum atomic E-state index is 11.5. The molecule has 0 aromatic rings. The van der Waals surface area contributed by atoms with Crippen molar-refractivity contribution in [2.75, 3.05) is 32.8 Å². The lowest BCUT2D eigenvalue weighted by Crippen LogP contribution is -2.51. The maximum absolute atomic E-state index is 11.5. The lowest BCUT2D eigenvalue weighted by atomic mass is 9.97. The molecule has 0 aliphatic carbocycles. The minimum Gasteiger partial charge on any atom is -0.441 e. The summed E-state index contributed by atoms with van der Waals surface area (Å²) in [4.78, 5) is 13.1. The number of amides is 1. The fourth-order valence-corrected chi connectivity index (χ4v) is 2.08. The first-order chi connectivity index (χ1) is 6.76. The van der Waals surface area contributed by atoms with E-state index in [4.69, 9.17) is 9.84 Å². The van der Waals surface area contributed by atoms with Crippen LogP contribution in [-0.2, 0) is 4.74 Å². The molecule has 5 nitrogen and oxygen atoms in total. The van der Waals surface area contributed by atoms with Gasteiger partial charge in [0.25, 0.3) is 0 Å². The molecule has 2 N–H and O–H groups in total. The number of hydrogen-bond donors (Lipinski definition) is 2. The maximum Gasteiger partial charge on any atom is 0.410 e. The predicted molar refractivity (Wildman–Crippen MR) is 50.0 cm³/mol. The zero-order valence-electron chi connectivity index (χ0n) is 8.16. The number of nitrogens with zero attached hydrogens (tertiary/aromatic N) is 1. The summed E-state index contributed by atoms with van der Waals surface area (Å²) in [5.41, 5.74) is -0.261. The summed E-state index contributed by atoms with van der Waals surface area (Å²) in [5, 5.41) is 11.9. The van der Waals surface area contributed by atoms with E-state index in [2.05, 4.69) is 5.32 Å². The molecule has 0 aromatic carbocycles. The van der Waals surface area contributed by atoms with E-state index in [9.17, 15) is 4.79 Å². The predicted octanol–water partition coefficient (Wildman–Crippen LogP) is -0.447. The van der Waals surface area contributed by atoms with E-state index >= 15 is 0 Å². The first-order valence-corrected chi connectivity index (χ1v) is 5.05. The zero-order chi connectivity index (χ0) is 10.0. The number of aliphatic hydroxyl groups excluding tert-OH is 1. The highest BCUT2D eigenvalue weighted by molar-refractivity contribution is 5.69. The second-order valence-corrected chi connectivity index (χ2v) is 3.94. The molecule has 14 heavy (non-hydrogen) atoms. The Balaban J connectivity index is 1.95. The van der Waals surface area contributed by atoms with Crippen LogP contribution in [0.25, 0.3) is 0 Å². The highest BCUT2D eigenvalue weighted by atomic mass is 16.6. The van der Waals surface area contributed by atoms with Gasteiger partial charge in [-0.05, 0) is 6.54 Å². The van der Waals surface area contributed by atoms with Gasteiger partial charge in [-0.15, -0.1) is 0 Å². The standard InChI is InChI=1S/C9H16N2O3/c12-6-5-11-4-2-9(14-8(11)13)1-3-10-7-9/h10,12H,1-7H2. The molecule has 2 aliphatic heterocycles. The van der Waals surface area contributed by atoms with E-state index in [1.165, 1.54) is 0 Å². The summed E-state index contributed by atoms with van der Waals surface area (Å²) in [7, 11) is 0. The van der Waals surface area contributed by atoms with E-state index in [1.54, 1.807) is 4.90 Å². The largest absolute Gasteiger partial charge is 0.441 e. The van der Waals surface area contributed by atoms with Gasteiger partial charge in [0, 0.05) is 32.5 Å². The number of ether oxygens (including phenoxy) is 1. The van der Waals surface area contributed by atoms with Crippen molar-refractivity contribution < 1.29 is 14.6 Å². The Bertz CT molecular complexity index is 226. The molecule has 1 atom stereocenters. The summed E-state index contributed by atoms with van der Waals surface area (Å²) in [6.45, 7) is 2.77. The highest BCUT2D eigenvalue weighted by Crippen LogP contribution is 2.28. The third kappa shape index (κ3) is 1.69. The van der Waals surface area contributed by atoms with Crippen LogP contribution in [0.4, 0.5) is 4.79 Å². The lowest BCUT2D eigenvalue weighted by molar-refractivity contribution is -0.0383. The van der Waals surface area contributed by atoms with Crippen LogP contribution in [0.3, 0.4) is 0 Å². The number of aliphatic hydroxyl groups is 1. The van der Waals surface area contributed by atoms with Crippen molar-refractivity contribution in [2.24, 2.45) is 0 Å². The molecule has 2 heterocycles. The number of rotatable bonds is 2. The number of nitrogens with one attached hydrogen (secondary N) is 1. The van der Waals surface area contributed by atoms with E-state index in [1.807, 2.05) is 0 Å². The Morgan fingerprint density at radius 1 is 1.57 bits per heavy atom. The lowest BCUT2D eigenvalue weighted by Gasteiger charge is -2.38. The molecule has 0 saturated carbocycles. The van der Waals surface area contributed by atoms with Crippen LogP contribution in [-0.4, -0.2) is 54.5 Å². The van der Waals surface area contributed by atoms with E-state index in [0.29, 0.717) is 13.1 Å². The Labute approximate surface area is 83.0 Å². The molecule has 80 valence electrons. The van der Waals surface area contributed by atoms with Gasteiger partial charge in [0.1, 0.15) is 5.60 Å². The minimum absolute atomic E-state index is 0.000347. The van der Waals surface area contributed by atoms with Gasteiger partial charge in [-0.25, -0.2) is 4.79 Å². The average molecular weight is 200 g/mol. The van der Waals surface area contributed by atoms with Crippen molar-refractivity contribution in [1.29, 1.82) is 0 Å². The van der Waals surface area contributed by atoms with Gasteiger partial charge in [-0.2, -0.15) is 0 Å². The van der Waals surface area contributed by atoms with Gasteiger partial charge in [-0.1, -0.05) is 0 Å². The Hall–Kier alpha value is -0.810. The molecule has 0 bridgehead atoms. The first-order valence-electron chi connectivity index (χ1n) is 5.05. The van der Waals surface area contributed by atoms with Crippen molar-refractivity contribution >= 4 is 6.09 Å². The molecular formula is C9H16N2O3. The van der Waals surface area contributed by atoms with Crippen molar-refractivity contribution in [2.45, 2.75) is 18.4 Å². The van der Waals surface area contributed by atoms with Crippen molar-refractivity contribution in [3.63, 3.8) is 0 Å². The number of hydrogen-bond acceptors (Lipinski definition) is 4. The Kier molecular flexibility index (Phi) is 2.60. The summed E-state index contributed by atoms with van der Waals surface area (Å²) >= 11 is 0. The van der Waals surface area contributed by atoms with Crippen LogP contribution in [0.2, 0.25) is 0 Å². The molecule has 2 rings (SSSR count). The number of carbonyl (C=O) groups is 1. The molecule has 2 aliphatic rings. The van der Waals surface area contributed by atoms with Gasteiger partial charge in [0.15, 0.2) is 0 Å². The third-order valence-corrected chi connectivity index (χ3v) is 2.97. The molecule has 2 fully saturated rings. The molecule has 1 spiro atoms. The van der Waals surface area contributed by atoms with Gasteiger partial charge < -0.3 is 20.1 Å². The fraction of sp³-hybridized carbons (Fsp3) is 0.889. The third-order valence-electron chi connectivity index (χ3n) is 2.97. The molecule has 0 radical (unpaired) electrons. The highest BCUT2D eigenvalue weighted by Gasteiger charge is 2.42. The van der Waals surface area contributed by atoms with Gasteiger partial charge in [0.05, 0.1) is 6.61 Å². The summed E-state index contributed by atoms with van der Waals surface area (Å²) in [6.07, 6.45) is 1.49. The Morgan fingerprint density at radius 3 is 3.00 bits per heavy atom. The summed E-state index contributed by atoms with van der Waals surface area (Å²) in [6, 6.07) is 0. The van der Waals surface area contributed by atoms with Crippen molar-refractivity contribution in [3.05, 3.63) is 0 Å². The topological polar surface area (TPSA) is 61.8 Å². The molecule has 2 saturated heterocycles. The van der Waals surface area contributed by atoms with Gasteiger partial charge >= 0.3 is 6.09 Å². The van der Waals surface area contributed by atoms with Crippen LogP contribution in [0.1, 0.15) is 12.8 Å². The van der Waals surface area contributed by atoms with Gasteiger partial charge in [0.2, 0.25) is 0 Å². The summed E-state index contributed by atoms with van der Waals surface area (Å²) < 4.78 is 5.41. The first kappa shape index (κ1) is 9.73. The molecular weight excluding hydrogens is 184 g/mol. The normalized spacial score (nSPS) is 32.4. The van der Waals surface area contributed by atoms with Crippen molar-refractivity contribution in [1.82, 2.24) is 10.2 Å². The fourth-order valence-electron chi connectivity index (χ4n) is 2.08. The second kappa shape index (κ2) is 3.74. The SMILES string of the molecule is O=C1OC2(CCNC2)CCN1CCO.